The van der Waals surface area contributed by atoms with Gasteiger partial charge in [0.25, 0.3) is 0 Å². The number of carbonyl (C=O) groups excluding carboxylic acids is 1. The van der Waals surface area contributed by atoms with Crippen LogP contribution in [0.15, 0.2) is 84.0 Å². The number of imidazole rings is 1. The number of fused-ring (bicyclic) bond motifs is 1. The Hall–Kier alpha value is -3.06. The predicted octanol–water partition coefficient (Wildman–Crippen LogP) is 6.47. The number of halogens is 3. The van der Waals surface area contributed by atoms with Crippen molar-refractivity contribution in [2.75, 3.05) is 0 Å². The van der Waals surface area contributed by atoms with Gasteiger partial charge in [0.2, 0.25) is 0 Å². The van der Waals surface area contributed by atoms with Crippen LogP contribution in [0.25, 0.3) is 11.0 Å². The number of hydrogen-bond acceptors (Lipinski definition) is 3. The van der Waals surface area contributed by atoms with Crippen LogP contribution < -0.4 is 0 Å². The number of alkyl halides is 3. The summed E-state index contributed by atoms with van der Waals surface area (Å²) in [6.45, 7) is 2.23. The highest BCUT2D eigenvalue weighted by Gasteiger charge is 2.31. The van der Waals surface area contributed by atoms with Crippen LogP contribution in [-0.4, -0.2) is 20.6 Å². The molecule has 4 aromatic rings. The van der Waals surface area contributed by atoms with Gasteiger partial charge in [-0.1, -0.05) is 72.4 Å². The van der Waals surface area contributed by atoms with Gasteiger partial charge in [0.1, 0.15) is 0 Å². The summed E-state index contributed by atoms with van der Waals surface area (Å²) in [5, 5.41) is 0.0609. The first-order valence-corrected chi connectivity index (χ1v) is 10.6. The van der Waals surface area contributed by atoms with E-state index in [2.05, 4.69) is 4.98 Å². The lowest BCUT2D eigenvalue weighted by Crippen LogP contribution is -2.14. The van der Waals surface area contributed by atoms with Gasteiger partial charge in [0.05, 0.1) is 28.4 Å². The van der Waals surface area contributed by atoms with Gasteiger partial charge in [-0.15, -0.1) is 0 Å². The first-order valence-electron chi connectivity index (χ1n) is 9.70. The molecule has 1 unspecified atom stereocenters. The molecule has 158 valence electrons. The van der Waals surface area contributed by atoms with Crippen LogP contribution in [0, 0.1) is 0 Å². The minimum atomic E-state index is -4.44. The molecule has 4 rings (SSSR count). The minimum Gasteiger partial charge on any atom is -0.314 e. The van der Waals surface area contributed by atoms with E-state index in [4.69, 9.17) is 0 Å². The van der Waals surface area contributed by atoms with Crippen LogP contribution in [0.2, 0.25) is 0 Å². The lowest BCUT2D eigenvalue weighted by Gasteiger charge is -2.13. The number of Topliss-reactive ketones (excluding diaryl/α,β-unsaturated/α-hetero) is 1. The van der Waals surface area contributed by atoms with E-state index in [-0.39, 0.29) is 11.3 Å². The largest absolute Gasteiger partial charge is 0.416 e. The van der Waals surface area contributed by atoms with E-state index in [0.717, 1.165) is 17.7 Å². The summed E-state index contributed by atoms with van der Waals surface area (Å²) in [6, 6.07) is 22.1. The Morgan fingerprint density at radius 2 is 1.65 bits per heavy atom. The highest BCUT2D eigenvalue weighted by molar-refractivity contribution is 8.00. The van der Waals surface area contributed by atoms with E-state index in [1.165, 1.54) is 17.8 Å². The highest BCUT2D eigenvalue weighted by Crippen LogP contribution is 2.34. The molecule has 0 radical (unpaired) electrons. The van der Waals surface area contributed by atoms with Crippen LogP contribution in [0.4, 0.5) is 13.2 Å². The molecule has 0 fully saturated rings. The smallest absolute Gasteiger partial charge is 0.314 e. The van der Waals surface area contributed by atoms with Gasteiger partial charge in [-0.2, -0.15) is 13.2 Å². The summed E-state index contributed by atoms with van der Waals surface area (Å²) in [5.41, 5.74) is 1.69. The Morgan fingerprint density at radius 1 is 1.00 bits per heavy atom. The van der Waals surface area contributed by atoms with Crippen molar-refractivity contribution in [2.45, 2.75) is 30.1 Å². The molecular formula is C24H19F3N2OS. The Morgan fingerprint density at radius 3 is 2.29 bits per heavy atom. The van der Waals surface area contributed by atoms with E-state index in [1.54, 1.807) is 31.2 Å². The summed E-state index contributed by atoms with van der Waals surface area (Å²) in [7, 11) is 0. The average molecular weight is 440 g/mol. The van der Waals surface area contributed by atoms with E-state index in [1.807, 2.05) is 41.0 Å². The summed E-state index contributed by atoms with van der Waals surface area (Å²) in [5.74, 6) is -0.0557. The van der Waals surface area contributed by atoms with Crippen LogP contribution in [-0.2, 0) is 12.7 Å². The number of benzene rings is 3. The van der Waals surface area contributed by atoms with Crippen molar-refractivity contribution in [3.05, 3.63) is 95.6 Å². The fourth-order valence-electron chi connectivity index (χ4n) is 3.34. The van der Waals surface area contributed by atoms with Crippen LogP contribution in [0.3, 0.4) is 0 Å². The first kappa shape index (κ1) is 21.2. The van der Waals surface area contributed by atoms with Gasteiger partial charge in [0.15, 0.2) is 10.9 Å². The van der Waals surface area contributed by atoms with Crippen molar-refractivity contribution < 1.29 is 18.0 Å². The number of thioether (sulfide) groups is 1. The van der Waals surface area contributed by atoms with Crippen LogP contribution in [0.1, 0.15) is 28.4 Å². The maximum atomic E-state index is 13.2. The topological polar surface area (TPSA) is 34.9 Å². The maximum Gasteiger partial charge on any atom is 0.416 e. The second-order valence-electron chi connectivity index (χ2n) is 7.16. The molecule has 0 aliphatic rings. The summed E-state index contributed by atoms with van der Waals surface area (Å²) < 4.78 is 41.4. The van der Waals surface area contributed by atoms with Crippen molar-refractivity contribution in [3.63, 3.8) is 0 Å². The minimum absolute atomic E-state index is 0.0557. The number of hydrogen-bond donors (Lipinski definition) is 0. The molecule has 0 aliphatic heterocycles. The van der Waals surface area contributed by atoms with Crippen molar-refractivity contribution in [2.24, 2.45) is 0 Å². The van der Waals surface area contributed by atoms with Crippen molar-refractivity contribution in [3.8, 4) is 0 Å². The molecule has 0 N–H and O–H groups in total. The molecule has 0 saturated carbocycles. The van der Waals surface area contributed by atoms with Gasteiger partial charge in [0, 0.05) is 5.56 Å². The standard InChI is InChI=1S/C24H19F3N2OS/c1-16(22(30)18-10-6-3-7-11-18)31-23-28-20-14-19(24(25,26)27)12-13-21(20)29(23)15-17-8-4-2-5-9-17/h2-14,16H,15H2,1H3. The van der Waals surface area contributed by atoms with Gasteiger partial charge < -0.3 is 4.57 Å². The molecule has 31 heavy (non-hydrogen) atoms. The lowest BCUT2D eigenvalue weighted by molar-refractivity contribution is -0.137. The van der Waals surface area contributed by atoms with Crippen molar-refractivity contribution in [1.82, 2.24) is 9.55 Å². The summed E-state index contributed by atoms with van der Waals surface area (Å²) in [6.07, 6.45) is -4.44. The van der Waals surface area contributed by atoms with Crippen LogP contribution >= 0.6 is 11.8 Å². The second-order valence-corrected chi connectivity index (χ2v) is 8.47. The van der Waals surface area contributed by atoms with E-state index in [0.29, 0.717) is 22.8 Å². The average Bonchev–Trinajstić information content (AvgIpc) is 3.10. The first-order chi connectivity index (χ1) is 14.8. The van der Waals surface area contributed by atoms with Gasteiger partial charge in [-0.25, -0.2) is 4.98 Å². The van der Waals surface area contributed by atoms with Gasteiger partial charge >= 0.3 is 6.18 Å². The molecule has 0 saturated heterocycles. The molecule has 0 amide bonds. The molecule has 0 aliphatic carbocycles. The highest BCUT2D eigenvalue weighted by atomic mass is 32.2. The number of carbonyl (C=O) groups is 1. The summed E-state index contributed by atoms with van der Waals surface area (Å²) in [4.78, 5) is 17.3. The Balaban J connectivity index is 1.73. The second kappa shape index (κ2) is 8.59. The molecule has 0 bridgehead atoms. The Kier molecular flexibility index (Phi) is 5.87. The third kappa shape index (κ3) is 4.66. The van der Waals surface area contributed by atoms with Gasteiger partial charge in [-0.05, 0) is 30.7 Å². The van der Waals surface area contributed by atoms with Gasteiger partial charge in [-0.3, -0.25) is 4.79 Å². The maximum absolute atomic E-state index is 13.2. The normalized spacial score (nSPS) is 12.8. The molecule has 7 heteroatoms. The fourth-order valence-corrected chi connectivity index (χ4v) is 4.34. The summed E-state index contributed by atoms with van der Waals surface area (Å²) >= 11 is 1.25. The fraction of sp³-hybridized carbons (Fsp3) is 0.167. The quantitative estimate of drug-likeness (QED) is 0.255. The number of rotatable bonds is 6. The molecule has 1 atom stereocenters. The number of ketones is 1. The SMILES string of the molecule is CC(Sc1nc2cc(C(F)(F)F)ccc2n1Cc1ccccc1)C(=O)c1ccccc1. The molecule has 0 spiro atoms. The predicted molar refractivity (Wildman–Crippen MR) is 116 cm³/mol. The van der Waals surface area contributed by atoms with Crippen molar-refractivity contribution in [1.29, 1.82) is 0 Å². The molecule has 1 aromatic heterocycles. The van der Waals surface area contributed by atoms with E-state index in [9.17, 15) is 18.0 Å². The third-order valence-electron chi connectivity index (χ3n) is 4.93. The van der Waals surface area contributed by atoms with E-state index >= 15 is 0 Å². The zero-order chi connectivity index (χ0) is 22.0. The Labute approximate surface area is 181 Å². The molecular weight excluding hydrogens is 421 g/mol. The van der Waals surface area contributed by atoms with Crippen LogP contribution in [0.5, 0.6) is 0 Å². The Bertz CT molecular complexity index is 1200. The molecule has 1 heterocycles. The monoisotopic (exact) mass is 440 g/mol. The zero-order valence-electron chi connectivity index (χ0n) is 16.6. The zero-order valence-corrected chi connectivity index (χ0v) is 17.5. The number of nitrogens with zero attached hydrogens (tertiary/aromatic N) is 2. The third-order valence-corrected chi connectivity index (χ3v) is 6.02. The number of aromatic nitrogens is 2. The lowest BCUT2D eigenvalue weighted by atomic mass is 10.1. The molecule has 3 nitrogen and oxygen atoms in total. The molecule has 3 aromatic carbocycles. The van der Waals surface area contributed by atoms with Crippen molar-refractivity contribution >= 4 is 28.6 Å². The van der Waals surface area contributed by atoms with E-state index < -0.39 is 17.0 Å².